The lowest BCUT2D eigenvalue weighted by Gasteiger charge is -2.25. The molecule has 0 spiro atoms. The van der Waals surface area contributed by atoms with Gasteiger partial charge in [-0.25, -0.2) is 4.39 Å². The molecule has 2 N–H and O–H groups in total. The smallest absolute Gasteiger partial charge is 0.189 e. The van der Waals surface area contributed by atoms with Crippen molar-refractivity contribution in [2.45, 2.75) is 13.2 Å². The fourth-order valence-electron chi connectivity index (χ4n) is 2.50. The van der Waals surface area contributed by atoms with E-state index in [4.69, 9.17) is 15.2 Å². The van der Waals surface area contributed by atoms with E-state index in [1.54, 1.807) is 6.07 Å². The van der Waals surface area contributed by atoms with Crippen LogP contribution < -0.4 is 15.4 Å². The minimum Gasteiger partial charge on any atom is -0.467 e. The Morgan fingerprint density at radius 1 is 1.29 bits per heavy atom. The number of hydrogen-bond acceptors (Lipinski definition) is 4. The zero-order valence-corrected chi connectivity index (χ0v) is 11.8. The maximum absolute atomic E-state index is 13.3. The molecule has 4 nitrogen and oxygen atoms in total. The molecule has 2 aromatic rings. The largest absolute Gasteiger partial charge is 0.467 e. The quantitative estimate of drug-likeness (QED) is 0.882. The molecule has 3 rings (SSSR count). The van der Waals surface area contributed by atoms with Crippen molar-refractivity contribution < 1.29 is 13.9 Å². The van der Waals surface area contributed by atoms with Gasteiger partial charge in [0.05, 0.1) is 6.61 Å². The van der Waals surface area contributed by atoms with Gasteiger partial charge in [-0.1, -0.05) is 6.07 Å². The van der Waals surface area contributed by atoms with Gasteiger partial charge < -0.3 is 20.1 Å². The topological polar surface area (TPSA) is 47.7 Å². The van der Waals surface area contributed by atoms with Crippen molar-refractivity contribution in [2.24, 2.45) is 0 Å². The Morgan fingerprint density at radius 3 is 2.95 bits per heavy atom. The van der Waals surface area contributed by atoms with Crippen LogP contribution in [0, 0.1) is 5.82 Å². The third-order valence-corrected chi connectivity index (χ3v) is 3.47. The Bertz CT molecular complexity index is 661. The van der Waals surface area contributed by atoms with Crippen molar-refractivity contribution >= 4 is 11.4 Å². The van der Waals surface area contributed by atoms with Crippen molar-refractivity contribution in [3.05, 3.63) is 53.3 Å². The summed E-state index contributed by atoms with van der Waals surface area (Å²) in [5.74, 6) is 0.567. The maximum Gasteiger partial charge on any atom is 0.189 e. The van der Waals surface area contributed by atoms with Crippen LogP contribution in [-0.4, -0.2) is 13.8 Å². The lowest BCUT2D eigenvalue weighted by atomic mass is 10.1. The SMILES string of the molecule is CN(Cc1cc(N)cc2c1OCOC2)c1cccc(F)c1. The zero-order chi connectivity index (χ0) is 14.8. The van der Waals surface area contributed by atoms with Crippen molar-refractivity contribution in [1.82, 2.24) is 0 Å². The molecular formula is C16H17FN2O2. The normalized spacial score (nSPS) is 13.4. The molecule has 0 fully saturated rings. The van der Waals surface area contributed by atoms with E-state index in [1.807, 2.05) is 30.1 Å². The van der Waals surface area contributed by atoms with Crippen LogP contribution in [0.3, 0.4) is 0 Å². The summed E-state index contributed by atoms with van der Waals surface area (Å²) >= 11 is 0. The summed E-state index contributed by atoms with van der Waals surface area (Å²) in [5.41, 5.74) is 9.33. The van der Waals surface area contributed by atoms with E-state index in [-0.39, 0.29) is 12.6 Å². The van der Waals surface area contributed by atoms with E-state index < -0.39 is 0 Å². The zero-order valence-electron chi connectivity index (χ0n) is 11.8. The third kappa shape index (κ3) is 2.92. The van der Waals surface area contributed by atoms with Gasteiger partial charge in [-0.05, 0) is 30.3 Å². The first kappa shape index (κ1) is 13.7. The Labute approximate surface area is 122 Å². The second-order valence-electron chi connectivity index (χ2n) is 5.11. The van der Waals surface area contributed by atoms with Crippen LogP contribution in [0.5, 0.6) is 5.75 Å². The minimum atomic E-state index is -0.251. The molecule has 1 aliphatic heterocycles. The van der Waals surface area contributed by atoms with E-state index >= 15 is 0 Å². The number of ether oxygens (including phenoxy) is 2. The summed E-state index contributed by atoms with van der Waals surface area (Å²) < 4.78 is 24.2. The van der Waals surface area contributed by atoms with Gasteiger partial charge in [0.25, 0.3) is 0 Å². The third-order valence-electron chi connectivity index (χ3n) is 3.47. The van der Waals surface area contributed by atoms with Crippen LogP contribution in [0.25, 0.3) is 0 Å². The van der Waals surface area contributed by atoms with Gasteiger partial charge in [0.2, 0.25) is 0 Å². The summed E-state index contributed by atoms with van der Waals surface area (Å²) in [4.78, 5) is 1.96. The van der Waals surface area contributed by atoms with Crippen LogP contribution in [-0.2, 0) is 17.9 Å². The van der Waals surface area contributed by atoms with Crippen LogP contribution in [0.4, 0.5) is 15.8 Å². The molecule has 0 aliphatic carbocycles. The fourth-order valence-corrected chi connectivity index (χ4v) is 2.50. The Morgan fingerprint density at radius 2 is 2.14 bits per heavy atom. The summed E-state index contributed by atoms with van der Waals surface area (Å²) in [6, 6.07) is 10.2. The Kier molecular flexibility index (Phi) is 3.66. The first-order chi connectivity index (χ1) is 10.1. The summed E-state index contributed by atoms with van der Waals surface area (Å²) in [6.45, 7) is 1.32. The van der Waals surface area contributed by atoms with Crippen molar-refractivity contribution in [3.63, 3.8) is 0 Å². The molecule has 2 aromatic carbocycles. The highest BCUT2D eigenvalue weighted by molar-refractivity contribution is 5.55. The van der Waals surface area contributed by atoms with Gasteiger partial charge in [0.1, 0.15) is 11.6 Å². The van der Waals surface area contributed by atoms with Crippen LogP contribution in [0.1, 0.15) is 11.1 Å². The monoisotopic (exact) mass is 288 g/mol. The minimum absolute atomic E-state index is 0.244. The summed E-state index contributed by atoms with van der Waals surface area (Å²) in [5, 5.41) is 0. The highest BCUT2D eigenvalue weighted by Crippen LogP contribution is 2.32. The number of halogens is 1. The van der Waals surface area contributed by atoms with Gasteiger partial charge in [0, 0.05) is 36.1 Å². The molecule has 0 radical (unpaired) electrons. The van der Waals surface area contributed by atoms with E-state index in [0.29, 0.717) is 18.8 Å². The standard InChI is InChI=1S/C16H17FN2O2/c1-19(15-4-2-3-13(17)7-15)8-11-5-14(18)6-12-9-20-10-21-16(11)12/h2-7H,8-10,18H2,1H3. The van der Waals surface area contributed by atoms with Crippen LogP contribution >= 0.6 is 0 Å². The first-order valence-electron chi connectivity index (χ1n) is 6.72. The van der Waals surface area contributed by atoms with E-state index in [2.05, 4.69) is 0 Å². The molecular weight excluding hydrogens is 271 g/mol. The molecule has 1 heterocycles. The maximum atomic E-state index is 13.3. The number of benzene rings is 2. The predicted molar refractivity (Wildman–Crippen MR) is 79.6 cm³/mol. The lowest BCUT2D eigenvalue weighted by molar-refractivity contribution is -0.0169. The molecule has 110 valence electrons. The highest BCUT2D eigenvalue weighted by Gasteiger charge is 2.17. The number of rotatable bonds is 3. The molecule has 5 heteroatoms. The van der Waals surface area contributed by atoms with Gasteiger partial charge in [-0.15, -0.1) is 0 Å². The lowest BCUT2D eigenvalue weighted by Crippen LogP contribution is -2.20. The fraction of sp³-hybridized carbons (Fsp3) is 0.250. The first-order valence-corrected chi connectivity index (χ1v) is 6.72. The Hall–Kier alpha value is -2.27. The second-order valence-corrected chi connectivity index (χ2v) is 5.11. The molecule has 0 unspecified atom stereocenters. The Balaban J connectivity index is 1.89. The predicted octanol–water partition coefficient (Wildman–Crippen LogP) is 2.91. The van der Waals surface area contributed by atoms with E-state index in [9.17, 15) is 4.39 Å². The summed E-state index contributed by atoms with van der Waals surface area (Å²) in [7, 11) is 1.91. The molecule has 21 heavy (non-hydrogen) atoms. The van der Waals surface area contributed by atoms with Gasteiger partial charge in [0.15, 0.2) is 6.79 Å². The van der Waals surface area contributed by atoms with Crippen LogP contribution in [0.15, 0.2) is 36.4 Å². The number of nitrogens with zero attached hydrogens (tertiary/aromatic N) is 1. The van der Waals surface area contributed by atoms with Crippen molar-refractivity contribution in [2.75, 3.05) is 24.5 Å². The number of nitrogens with two attached hydrogens (primary N) is 1. The number of hydrogen-bond donors (Lipinski definition) is 1. The van der Waals surface area contributed by atoms with Crippen molar-refractivity contribution in [1.29, 1.82) is 0 Å². The number of nitrogen functional groups attached to an aromatic ring is 1. The van der Waals surface area contributed by atoms with Gasteiger partial charge >= 0.3 is 0 Å². The van der Waals surface area contributed by atoms with E-state index in [1.165, 1.54) is 12.1 Å². The molecule has 0 amide bonds. The summed E-state index contributed by atoms with van der Waals surface area (Å²) in [6.07, 6.45) is 0. The highest BCUT2D eigenvalue weighted by atomic mass is 19.1. The second kappa shape index (κ2) is 5.61. The molecule has 0 aromatic heterocycles. The number of anilines is 2. The van der Waals surface area contributed by atoms with Crippen molar-refractivity contribution in [3.8, 4) is 5.75 Å². The molecule has 0 saturated carbocycles. The molecule has 0 atom stereocenters. The molecule has 0 bridgehead atoms. The van der Waals surface area contributed by atoms with E-state index in [0.717, 1.165) is 22.6 Å². The molecule has 1 aliphatic rings. The number of fused-ring (bicyclic) bond motifs is 1. The average molecular weight is 288 g/mol. The van der Waals surface area contributed by atoms with Crippen LogP contribution in [0.2, 0.25) is 0 Å². The molecule has 0 saturated heterocycles. The van der Waals surface area contributed by atoms with Gasteiger partial charge in [-0.2, -0.15) is 0 Å². The average Bonchev–Trinajstić information content (AvgIpc) is 2.47. The van der Waals surface area contributed by atoms with Gasteiger partial charge in [-0.3, -0.25) is 0 Å².